The zero-order valence-corrected chi connectivity index (χ0v) is 12.6. The fraction of sp³-hybridized carbons (Fsp3) is 0.867. The number of likely N-dealkylation sites (tertiary alicyclic amines) is 1. The predicted molar refractivity (Wildman–Crippen MR) is 77.7 cm³/mol. The topological polar surface area (TPSA) is 54.2 Å². The van der Waals surface area contributed by atoms with Crippen molar-refractivity contribution in [2.45, 2.75) is 51.5 Å². The lowest BCUT2D eigenvalue weighted by molar-refractivity contribution is 0.135. The van der Waals surface area contributed by atoms with Crippen molar-refractivity contribution in [3.8, 4) is 0 Å². The monoisotopic (exact) mass is 278 g/mol. The quantitative estimate of drug-likeness (QED) is 0.910. The predicted octanol–water partition coefficient (Wildman–Crippen LogP) is 1.81. The minimum atomic E-state index is 0.450. The van der Waals surface area contributed by atoms with Crippen LogP contribution in [0.2, 0.25) is 0 Å². The molecule has 0 aliphatic carbocycles. The highest BCUT2D eigenvalue weighted by Gasteiger charge is 2.26. The first kappa shape index (κ1) is 14.0. The van der Waals surface area contributed by atoms with Crippen LogP contribution in [0.3, 0.4) is 0 Å². The third-order valence-corrected chi connectivity index (χ3v) is 4.65. The van der Waals surface area contributed by atoms with Crippen LogP contribution >= 0.6 is 0 Å². The van der Waals surface area contributed by atoms with Crippen molar-refractivity contribution >= 4 is 0 Å². The molecule has 2 fully saturated rings. The Morgan fingerprint density at radius 2 is 2.30 bits per heavy atom. The van der Waals surface area contributed by atoms with Crippen LogP contribution in [0.4, 0.5) is 0 Å². The van der Waals surface area contributed by atoms with Gasteiger partial charge in [0.2, 0.25) is 5.89 Å². The highest BCUT2D eigenvalue weighted by atomic mass is 16.5. The maximum atomic E-state index is 5.47. The molecule has 0 spiro atoms. The van der Waals surface area contributed by atoms with E-state index in [1.807, 2.05) is 0 Å². The number of nitrogens with zero attached hydrogens (tertiary/aromatic N) is 3. The van der Waals surface area contributed by atoms with Crippen molar-refractivity contribution in [3.05, 3.63) is 11.7 Å². The summed E-state index contributed by atoms with van der Waals surface area (Å²) in [7, 11) is 0. The van der Waals surface area contributed by atoms with Crippen molar-refractivity contribution in [3.63, 3.8) is 0 Å². The first-order chi connectivity index (χ1) is 9.72. The number of aromatic nitrogens is 2. The maximum absolute atomic E-state index is 5.47. The molecule has 5 heteroatoms. The molecule has 0 amide bonds. The lowest BCUT2D eigenvalue weighted by Gasteiger charge is -2.34. The SMILES string of the molecule is CC(C)N1CCCC(Cc2nc(C3CCNC3)no2)C1. The molecule has 2 aliphatic heterocycles. The molecule has 2 aliphatic rings. The molecule has 5 nitrogen and oxygen atoms in total. The molecule has 2 saturated heterocycles. The fourth-order valence-electron chi connectivity index (χ4n) is 3.37. The zero-order valence-electron chi connectivity index (χ0n) is 12.6. The Kier molecular flexibility index (Phi) is 4.36. The van der Waals surface area contributed by atoms with E-state index in [1.165, 1.54) is 25.9 Å². The Hall–Kier alpha value is -0.940. The molecule has 1 aromatic rings. The zero-order chi connectivity index (χ0) is 13.9. The average Bonchev–Trinajstić information content (AvgIpc) is 3.09. The van der Waals surface area contributed by atoms with Gasteiger partial charge < -0.3 is 14.7 Å². The van der Waals surface area contributed by atoms with Crippen LogP contribution in [0.1, 0.15) is 50.7 Å². The highest BCUT2D eigenvalue weighted by molar-refractivity contribution is 5.00. The summed E-state index contributed by atoms with van der Waals surface area (Å²) in [6, 6.07) is 0.639. The molecule has 0 aromatic carbocycles. The Balaban J connectivity index is 1.57. The largest absolute Gasteiger partial charge is 0.339 e. The van der Waals surface area contributed by atoms with Gasteiger partial charge in [-0.1, -0.05) is 5.16 Å². The highest BCUT2D eigenvalue weighted by Crippen LogP contribution is 2.23. The molecule has 0 saturated carbocycles. The summed E-state index contributed by atoms with van der Waals surface area (Å²) in [5.41, 5.74) is 0. The summed E-state index contributed by atoms with van der Waals surface area (Å²) >= 11 is 0. The van der Waals surface area contributed by atoms with Gasteiger partial charge in [0.25, 0.3) is 0 Å². The van der Waals surface area contributed by atoms with E-state index in [1.54, 1.807) is 0 Å². The smallest absolute Gasteiger partial charge is 0.226 e. The van der Waals surface area contributed by atoms with Gasteiger partial charge >= 0.3 is 0 Å². The van der Waals surface area contributed by atoms with Gasteiger partial charge in [0, 0.05) is 31.5 Å². The van der Waals surface area contributed by atoms with Gasteiger partial charge in [0.05, 0.1) is 0 Å². The van der Waals surface area contributed by atoms with E-state index in [-0.39, 0.29) is 0 Å². The van der Waals surface area contributed by atoms with Gasteiger partial charge in [-0.3, -0.25) is 0 Å². The molecule has 3 rings (SSSR count). The van der Waals surface area contributed by atoms with Crippen LogP contribution < -0.4 is 5.32 Å². The van der Waals surface area contributed by atoms with Crippen LogP contribution in [0, 0.1) is 5.92 Å². The van der Waals surface area contributed by atoms with E-state index >= 15 is 0 Å². The van der Waals surface area contributed by atoms with E-state index in [9.17, 15) is 0 Å². The number of piperidine rings is 1. The van der Waals surface area contributed by atoms with Gasteiger partial charge in [-0.15, -0.1) is 0 Å². The summed E-state index contributed by atoms with van der Waals surface area (Å²) in [6.07, 6.45) is 4.64. The van der Waals surface area contributed by atoms with Crippen molar-refractivity contribution < 1.29 is 4.52 Å². The lowest BCUT2D eigenvalue weighted by atomic mass is 9.94. The number of hydrogen-bond acceptors (Lipinski definition) is 5. The average molecular weight is 278 g/mol. The third-order valence-electron chi connectivity index (χ3n) is 4.65. The molecule has 3 heterocycles. The Morgan fingerprint density at radius 3 is 3.05 bits per heavy atom. The molecule has 2 unspecified atom stereocenters. The van der Waals surface area contributed by atoms with Crippen LogP contribution in [0.15, 0.2) is 4.52 Å². The van der Waals surface area contributed by atoms with Gasteiger partial charge in [-0.25, -0.2) is 0 Å². The standard InChI is InChI=1S/C15H26N4O/c1-11(2)19-7-3-4-12(10-19)8-14-17-15(18-20-14)13-5-6-16-9-13/h11-13,16H,3-10H2,1-2H3. The second-order valence-electron chi connectivity index (χ2n) is 6.54. The van der Waals surface area contributed by atoms with E-state index in [0.29, 0.717) is 17.9 Å². The summed E-state index contributed by atoms with van der Waals surface area (Å²) in [6.45, 7) is 9.02. The van der Waals surface area contributed by atoms with E-state index in [2.05, 4.69) is 34.2 Å². The number of rotatable bonds is 4. The maximum Gasteiger partial charge on any atom is 0.226 e. The van der Waals surface area contributed by atoms with E-state index < -0.39 is 0 Å². The second-order valence-corrected chi connectivity index (χ2v) is 6.54. The molecule has 1 N–H and O–H groups in total. The summed E-state index contributed by atoms with van der Waals surface area (Å²) in [4.78, 5) is 7.18. The molecular formula is C15H26N4O. The Labute approximate surface area is 121 Å². The lowest BCUT2D eigenvalue weighted by Crippen LogP contribution is -2.40. The summed E-state index contributed by atoms with van der Waals surface area (Å²) in [5.74, 6) is 2.86. The second kappa shape index (κ2) is 6.22. The minimum Gasteiger partial charge on any atom is -0.339 e. The third kappa shape index (κ3) is 3.20. The van der Waals surface area contributed by atoms with Gasteiger partial charge in [0.15, 0.2) is 5.82 Å². The molecule has 0 bridgehead atoms. The van der Waals surface area contributed by atoms with Crippen LogP contribution in [0.25, 0.3) is 0 Å². The molecule has 112 valence electrons. The molecule has 2 atom stereocenters. The van der Waals surface area contributed by atoms with Crippen molar-refractivity contribution in [2.75, 3.05) is 26.2 Å². The van der Waals surface area contributed by atoms with Crippen molar-refractivity contribution in [2.24, 2.45) is 5.92 Å². The van der Waals surface area contributed by atoms with Crippen molar-refractivity contribution in [1.82, 2.24) is 20.4 Å². The van der Waals surface area contributed by atoms with E-state index in [4.69, 9.17) is 4.52 Å². The first-order valence-electron chi connectivity index (χ1n) is 7.99. The summed E-state index contributed by atoms with van der Waals surface area (Å²) in [5, 5.41) is 7.53. The van der Waals surface area contributed by atoms with Crippen LogP contribution in [0.5, 0.6) is 0 Å². The van der Waals surface area contributed by atoms with Crippen LogP contribution in [-0.2, 0) is 6.42 Å². The Morgan fingerprint density at radius 1 is 1.40 bits per heavy atom. The molecular weight excluding hydrogens is 252 g/mol. The van der Waals surface area contributed by atoms with E-state index in [0.717, 1.165) is 37.6 Å². The minimum absolute atomic E-state index is 0.450. The number of hydrogen-bond donors (Lipinski definition) is 1. The fourth-order valence-corrected chi connectivity index (χ4v) is 3.37. The Bertz CT molecular complexity index is 425. The van der Waals surface area contributed by atoms with Gasteiger partial charge in [-0.2, -0.15) is 4.98 Å². The molecule has 20 heavy (non-hydrogen) atoms. The van der Waals surface area contributed by atoms with Gasteiger partial charge in [-0.05, 0) is 52.1 Å². The number of nitrogens with one attached hydrogen (secondary N) is 1. The molecule has 0 radical (unpaired) electrons. The normalized spacial score (nSPS) is 28.4. The first-order valence-corrected chi connectivity index (χ1v) is 7.99. The summed E-state index contributed by atoms with van der Waals surface area (Å²) < 4.78 is 5.47. The van der Waals surface area contributed by atoms with Crippen molar-refractivity contribution in [1.29, 1.82) is 0 Å². The van der Waals surface area contributed by atoms with Crippen LogP contribution in [-0.4, -0.2) is 47.3 Å². The van der Waals surface area contributed by atoms with Gasteiger partial charge in [0.1, 0.15) is 0 Å². The molecule has 1 aromatic heterocycles.